The number of ketones is 1. The second-order valence-electron chi connectivity index (χ2n) is 19.5. The van der Waals surface area contributed by atoms with Crippen molar-refractivity contribution in [3.05, 3.63) is 46.2 Å². The Morgan fingerprint density at radius 3 is 1.62 bits per heavy atom. The molecule has 0 aliphatic rings. The fourth-order valence-electron chi connectivity index (χ4n) is 5.07. The summed E-state index contributed by atoms with van der Waals surface area (Å²) in [7, 11) is -6.03. The Morgan fingerprint density at radius 2 is 1.14 bits per heavy atom. The van der Waals surface area contributed by atoms with Crippen LogP contribution in [0.5, 0.6) is 0 Å². The summed E-state index contributed by atoms with van der Waals surface area (Å²) in [5.41, 5.74) is 9.46. The molecule has 24 nitrogen and oxygen atoms in total. The van der Waals surface area contributed by atoms with E-state index in [-0.39, 0.29) is 59.3 Å². The van der Waals surface area contributed by atoms with Crippen LogP contribution in [-0.4, -0.2) is 107 Å². The van der Waals surface area contributed by atoms with Gasteiger partial charge >= 0.3 is 39.9 Å². The van der Waals surface area contributed by atoms with E-state index in [0.29, 0.717) is 19.4 Å². The fraction of sp³-hybridized carbons (Fsp3) is 0.568. The first-order chi connectivity index (χ1) is 33.1. The minimum Gasteiger partial charge on any atom is -0.444 e. The van der Waals surface area contributed by atoms with Gasteiger partial charge in [0.2, 0.25) is 5.96 Å². The van der Waals surface area contributed by atoms with Crippen molar-refractivity contribution in [2.45, 2.75) is 156 Å². The Balaban J connectivity index is 0.000000898. The highest BCUT2D eigenvalue weighted by molar-refractivity contribution is 7.91. The molecule has 0 saturated carbocycles. The number of amidine groups is 1. The number of sulfonamides is 1. The molecule has 73 heavy (non-hydrogen) atoms. The number of alkyl carbamates (subject to hydrolysis) is 3. The van der Waals surface area contributed by atoms with Crippen LogP contribution in [0.2, 0.25) is 5.15 Å². The van der Waals surface area contributed by atoms with Gasteiger partial charge in [0.05, 0.1) is 0 Å². The molecule has 0 atom stereocenters. The predicted octanol–water partition coefficient (Wildman–Crippen LogP) is 6.74. The van der Waals surface area contributed by atoms with Gasteiger partial charge < -0.3 is 36.1 Å². The molecule has 0 aliphatic carbocycles. The lowest BCUT2D eigenvalue weighted by atomic mass is 10.0. The molecule has 2 rings (SSSR count). The molecule has 0 unspecified atom stereocenters. The number of unbranched alkanes of at least 4 members (excludes halogenated alkanes) is 1. The summed E-state index contributed by atoms with van der Waals surface area (Å²) in [6, 6.07) is 7.77. The number of nitrogen functional groups attached to an aromatic ring is 2. The molecule has 0 aliphatic heterocycles. The lowest BCUT2D eigenvalue weighted by molar-refractivity contribution is -0.118. The number of amides is 5. The van der Waals surface area contributed by atoms with Gasteiger partial charge in [0.15, 0.2) is 28.4 Å². The van der Waals surface area contributed by atoms with E-state index in [0.717, 1.165) is 24.0 Å². The third kappa shape index (κ3) is 28.7. The zero-order valence-electron chi connectivity index (χ0n) is 42.8. The van der Waals surface area contributed by atoms with Crippen LogP contribution in [0.1, 0.15) is 137 Å². The average Bonchev–Trinajstić information content (AvgIpc) is 3.16. The number of Topliss-reactive ketones (excluding diaryl/α,β-unsaturated/α-hetero) is 1. The van der Waals surface area contributed by atoms with Gasteiger partial charge in [-0.05, 0) is 120 Å². The number of anilines is 2. The minimum atomic E-state index is -6.03. The van der Waals surface area contributed by atoms with E-state index in [9.17, 15) is 50.4 Å². The summed E-state index contributed by atoms with van der Waals surface area (Å²) in [4.78, 5) is 88.3. The van der Waals surface area contributed by atoms with Gasteiger partial charge in [-0.25, -0.2) is 29.1 Å². The Bertz CT molecular complexity index is 2450. The molecule has 0 radical (unpaired) electrons. The number of carbonyl (C=O) groups excluding carboxylic acids is 6. The molecule has 10 N–H and O–H groups in total. The molecular weight excluding hydrogens is 1010 g/mol. The number of nitrogens with one attached hydrogen (secondary N) is 4. The number of halogens is 4. The first-order valence-corrected chi connectivity index (χ1v) is 24.0. The van der Waals surface area contributed by atoms with E-state index in [1.165, 1.54) is 41.5 Å². The van der Waals surface area contributed by atoms with Crippen molar-refractivity contribution in [2.75, 3.05) is 18.0 Å². The Morgan fingerprint density at radius 1 is 0.658 bits per heavy atom. The largest absolute Gasteiger partial charge is 0.518 e. The third-order valence-corrected chi connectivity index (χ3v) is 9.10. The van der Waals surface area contributed by atoms with Crippen molar-refractivity contribution in [1.82, 2.24) is 31.2 Å². The summed E-state index contributed by atoms with van der Waals surface area (Å²) < 4.78 is 81.8. The number of nitrogens with zero attached hydrogens (tertiary/aromatic N) is 5. The number of alkyl halides is 3. The molecule has 1 aromatic heterocycles. The van der Waals surface area contributed by atoms with Crippen molar-refractivity contribution >= 4 is 87.1 Å². The van der Waals surface area contributed by atoms with Gasteiger partial charge in [-0.15, -0.1) is 4.40 Å². The number of aliphatic imine (C=N–C) groups is 2. The topological polar surface area (TPSA) is 363 Å². The number of ether oxygens (including phenoxy) is 4. The number of aromatic nitrogens is 2. The molecule has 1 aromatic carbocycles. The lowest BCUT2D eigenvalue weighted by Crippen LogP contribution is -2.48. The zero-order chi connectivity index (χ0) is 56.3. The molecule has 0 spiro atoms. The maximum Gasteiger partial charge on any atom is 0.518 e. The SMILES string of the molecule is CC(C)(C)OC(=O)N=C(CCCC(=O)Cc1ccc(CCCCN=C(N)NC(=O)c2nc(Cl)c(N)nc2N)cc1)NC(=O)OC(C)(C)C.CC(C)(C)OC(=O)NC(=NS(=O)(=O)C(F)(F)F)NC(=O)OC(C)(C)C. The van der Waals surface area contributed by atoms with E-state index < -0.39 is 74.2 Å². The first kappa shape index (κ1) is 64.2. The quantitative estimate of drug-likeness (QED) is 0.0472. The van der Waals surface area contributed by atoms with E-state index in [1.54, 1.807) is 52.2 Å². The van der Waals surface area contributed by atoms with Crippen molar-refractivity contribution < 1.29 is 69.3 Å². The van der Waals surface area contributed by atoms with Gasteiger partial charge in [0.25, 0.3) is 5.91 Å². The van der Waals surface area contributed by atoms with Crippen molar-refractivity contribution in [3.63, 3.8) is 0 Å². The first-order valence-electron chi connectivity index (χ1n) is 22.1. The standard InChI is InChI=1S/C32H46ClN9O6.C12H20F3N3O6S/c1-31(2,3)47-29(45)38-22(39-30(46)48-32(4,5)6)12-9-11-21(43)18-20-15-13-19(14-16-20)10-7-8-17-37-28(36)42-27(44)23-25(34)41-26(35)24(33)40-23;1-10(2,3)23-8(19)16-7(17-9(20)24-11(4,5)6)18-25(21,22)12(13,14)15/h13-16H,7-12,17-18H2,1-6H3,(H4,34,35,41)(H3,36,37,42,44)(H,38,39,45,46);1-6H3,(H2,16,17,18,19,20). The molecular formula is C44H66ClF3N12O12S. The molecule has 29 heteroatoms. The van der Waals surface area contributed by atoms with Crippen LogP contribution in [-0.2, 0) is 46.6 Å². The molecule has 408 valence electrons. The van der Waals surface area contributed by atoms with Crippen LogP contribution < -0.4 is 38.5 Å². The lowest BCUT2D eigenvalue weighted by Gasteiger charge is -2.22. The van der Waals surface area contributed by atoms with Gasteiger partial charge in [-0.3, -0.25) is 35.8 Å². The Hall–Kier alpha value is -6.84. The number of hydrogen-bond donors (Lipinski definition) is 7. The highest BCUT2D eigenvalue weighted by atomic mass is 35.5. The molecule has 5 amide bonds. The maximum absolute atomic E-state index is 12.7. The van der Waals surface area contributed by atoms with Crippen LogP contribution in [0, 0.1) is 0 Å². The Kier molecular flexibility index (Phi) is 24.0. The summed E-state index contributed by atoms with van der Waals surface area (Å²) in [5.74, 6) is -2.30. The highest BCUT2D eigenvalue weighted by Gasteiger charge is 2.47. The van der Waals surface area contributed by atoms with Gasteiger partial charge in [-0.1, -0.05) is 35.9 Å². The number of guanidine groups is 2. The molecule has 0 fully saturated rings. The zero-order valence-corrected chi connectivity index (χ0v) is 44.3. The number of carbonyl (C=O) groups is 6. The van der Waals surface area contributed by atoms with Crippen LogP contribution in [0.25, 0.3) is 0 Å². The highest BCUT2D eigenvalue weighted by Crippen LogP contribution is 2.25. The summed E-state index contributed by atoms with van der Waals surface area (Å²) >= 11 is 5.81. The summed E-state index contributed by atoms with van der Waals surface area (Å²) in [5, 5.41) is 7.98. The van der Waals surface area contributed by atoms with Crippen molar-refractivity contribution in [3.8, 4) is 0 Å². The predicted molar refractivity (Wildman–Crippen MR) is 266 cm³/mol. The number of aryl methyl sites for hydroxylation is 1. The van der Waals surface area contributed by atoms with Crippen molar-refractivity contribution in [1.29, 1.82) is 0 Å². The van der Waals surface area contributed by atoms with E-state index in [2.05, 4.69) is 35.0 Å². The van der Waals surface area contributed by atoms with E-state index in [1.807, 2.05) is 24.3 Å². The smallest absolute Gasteiger partial charge is 0.444 e. The number of nitrogens with two attached hydrogens (primary N) is 3. The fourth-order valence-corrected chi connectivity index (χ4v) is 5.63. The summed E-state index contributed by atoms with van der Waals surface area (Å²) in [6.45, 7) is 19.4. The molecule has 0 bridgehead atoms. The second kappa shape index (κ2) is 27.3. The summed E-state index contributed by atoms with van der Waals surface area (Å²) in [6.07, 6.45) is -0.927. The van der Waals surface area contributed by atoms with Crippen LogP contribution in [0.15, 0.2) is 38.6 Å². The monoisotopic (exact) mass is 1080 g/mol. The number of hydrogen-bond acceptors (Lipinski definition) is 17. The minimum absolute atomic E-state index is 0.00778. The molecule has 1 heterocycles. The number of rotatable bonds is 13. The maximum atomic E-state index is 12.7. The van der Waals surface area contributed by atoms with Gasteiger partial charge in [0, 0.05) is 25.8 Å². The normalized spacial score (nSPS) is 12.5. The second-order valence-corrected chi connectivity index (χ2v) is 21.4. The average molecular weight is 1080 g/mol. The van der Waals surface area contributed by atoms with Crippen molar-refractivity contribution in [2.24, 2.45) is 20.1 Å². The van der Waals surface area contributed by atoms with Gasteiger partial charge in [0.1, 0.15) is 34.0 Å². The van der Waals surface area contributed by atoms with Gasteiger partial charge in [-0.2, -0.15) is 26.6 Å². The van der Waals surface area contributed by atoms with E-state index in [4.69, 9.17) is 47.7 Å². The van der Waals surface area contributed by atoms with E-state index >= 15 is 0 Å². The van der Waals surface area contributed by atoms with Crippen LogP contribution in [0.4, 0.5) is 44.0 Å². The Labute approximate surface area is 426 Å². The van der Waals surface area contributed by atoms with Crippen LogP contribution in [0.3, 0.4) is 0 Å². The van der Waals surface area contributed by atoms with Crippen LogP contribution >= 0.6 is 11.6 Å². The molecule has 0 saturated heterocycles. The molecule has 2 aromatic rings. The number of benzene rings is 1. The third-order valence-electron chi connectivity index (χ3n) is 7.82.